The lowest BCUT2D eigenvalue weighted by Crippen LogP contribution is -2.55. The Morgan fingerprint density at radius 1 is 1.04 bits per heavy atom. The maximum atomic E-state index is 12.1. The van der Waals surface area contributed by atoms with Crippen molar-refractivity contribution in [1.82, 2.24) is 0 Å². The van der Waals surface area contributed by atoms with Gasteiger partial charge in [-0.1, -0.05) is 19.4 Å². The summed E-state index contributed by atoms with van der Waals surface area (Å²) < 4.78 is 6.17. The van der Waals surface area contributed by atoms with Crippen molar-refractivity contribution in [3.8, 4) is 0 Å². The molecule has 5 fully saturated rings. The fourth-order valence-corrected chi connectivity index (χ4v) is 8.86. The molecule has 4 saturated carbocycles. The Labute approximate surface area is 155 Å². The molecule has 0 aromatic carbocycles. The molecule has 1 spiro atoms. The first-order chi connectivity index (χ1) is 12.4. The summed E-state index contributed by atoms with van der Waals surface area (Å²) in [5.41, 5.74) is 1.53. The van der Waals surface area contributed by atoms with Gasteiger partial charge in [-0.2, -0.15) is 0 Å². The summed E-state index contributed by atoms with van der Waals surface area (Å²) in [5.74, 6) is 5.29. The minimum absolute atomic E-state index is 0.0488. The number of hydrogen-bond donors (Lipinski definition) is 0. The molecule has 26 heavy (non-hydrogen) atoms. The van der Waals surface area contributed by atoms with E-state index in [2.05, 4.69) is 13.8 Å². The van der Waals surface area contributed by atoms with Gasteiger partial charge in [-0.05, 0) is 80.1 Å². The third-order valence-electron chi connectivity index (χ3n) is 9.78. The van der Waals surface area contributed by atoms with Crippen LogP contribution in [-0.2, 0) is 14.3 Å². The van der Waals surface area contributed by atoms with Gasteiger partial charge in [-0.15, -0.1) is 0 Å². The van der Waals surface area contributed by atoms with Crippen LogP contribution in [-0.4, -0.2) is 17.4 Å². The van der Waals surface area contributed by atoms with Gasteiger partial charge in [0.05, 0.1) is 0 Å². The summed E-state index contributed by atoms with van der Waals surface area (Å²) in [7, 11) is 0. The minimum atomic E-state index is -0.133. The van der Waals surface area contributed by atoms with E-state index in [1.807, 2.05) is 6.08 Å². The van der Waals surface area contributed by atoms with Crippen LogP contribution in [0.3, 0.4) is 0 Å². The first-order valence-electron chi connectivity index (χ1n) is 10.9. The fraction of sp³-hybridized carbons (Fsp3) is 0.826. The van der Waals surface area contributed by atoms with Crippen LogP contribution in [0.2, 0.25) is 0 Å². The quantitative estimate of drug-likeness (QED) is 0.609. The highest BCUT2D eigenvalue weighted by molar-refractivity contribution is 5.91. The molecule has 0 N–H and O–H groups in total. The predicted molar refractivity (Wildman–Crippen MR) is 97.1 cm³/mol. The first kappa shape index (κ1) is 15.9. The molecule has 0 radical (unpaired) electrons. The summed E-state index contributed by atoms with van der Waals surface area (Å²) >= 11 is 0. The van der Waals surface area contributed by atoms with E-state index in [4.69, 9.17) is 4.74 Å². The van der Waals surface area contributed by atoms with Crippen molar-refractivity contribution in [3.63, 3.8) is 0 Å². The van der Waals surface area contributed by atoms with Crippen molar-refractivity contribution in [2.75, 3.05) is 0 Å². The van der Waals surface area contributed by atoms with Crippen LogP contribution in [0.25, 0.3) is 0 Å². The number of hydrogen-bond acceptors (Lipinski definition) is 3. The molecular weight excluding hydrogens is 324 g/mol. The molecule has 0 aromatic heterocycles. The number of rotatable bonds is 0. The number of allylic oxidation sites excluding steroid dienone is 1. The van der Waals surface area contributed by atoms with Crippen LogP contribution in [0, 0.1) is 46.8 Å². The zero-order chi connectivity index (χ0) is 17.8. The Hall–Kier alpha value is -1.12. The third-order valence-corrected chi connectivity index (χ3v) is 9.78. The van der Waals surface area contributed by atoms with Gasteiger partial charge in [-0.3, -0.25) is 9.59 Å². The van der Waals surface area contributed by atoms with Crippen LogP contribution >= 0.6 is 0 Å². The van der Waals surface area contributed by atoms with Gasteiger partial charge in [0, 0.05) is 24.2 Å². The van der Waals surface area contributed by atoms with Gasteiger partial charge in [0.1, 0.15) is 5.60 Å². The van der Waals surface area contributed by atoms with Crippen molar-refractivity contribution in [1.29, 1.82) is 0 Å². The topological polar surface area (TPSA) is 43.4 Å². The van der Waals surface area contributed by atoms with Crippen molar-refractivity contribution in [3.05, 3.63) is 11.6 Å². The number of carbonyl (C=O) groups excluding carboxylic acids is 2. The van der Waals surface area contributed by atoms with Gasteiger partial charge in [0.25, 0.3) is 0 Å². The number of carbonyl (C=O) groups is 2. The van der Waals surface area contributed by atoms with E-state index in [1.165, 1.54) is 31.3 Å². The van der Waals surface area contributed by atoms with Gasteiger partial charge in [0.2, 0.25) is 0 Å². The summed E-state index contributed by atoms with van der Waals surface area (Å²) in [6.07, 6.45) is 10.4. The molecule has 3 heteroatoms. The van der Waals surface area contributed by atoms with E-state index < -0.39 is 0 Å². The van der Waals surface area contributed by atoms with Gasteiger partial charge in [-0.25, -0.2) is 0 Å². The average molecular weight is 354 g/mol. The maximum Gasteiger partial charge on any atom is 0.306 e. The SMILES string of the molecule is C[C@@H]1CC2C(CC[C@@]3(C)C2C2C[C@H]2[C@@]32CCC(=O)O2)C2CCC(=O)C=C21. The highest BCUT2D eigenvalue weighted by Gasteiger charge is 2.78. The van der Waals surface area contributed by atoms with Crippen LogP contribution < -0.4 is 0 Å². The van der Waals surface area contributed by atoms with E-state index in [0.29, 0.717) is 30.0 Å². The monoisotopic (exact) mass is 354 g/mol. The van der Waals surface area contributed by atoms with Crippen LogP contribution in [0.5, 0.6) is 0 Å². The van der Waals surface area contributed by atoms with E-state index >= 15 is 0 Å². The lowest BCUT2D eigenvalue weighted by Gasteiger charge is -2.58. The largest absolute Gasteiger partial charge is 0.458 e. The van der Waals surface area contributed by atoms with Crippen molar-refractivity contribution in [2.24, 2.45) is 46.8 Å². The van der Waals surface area contributed by atoms with E-state index in [-0.39, 0.29) is 17.0 Å². The minimum Gasteiger partial charge on any atom is -0.458 e. The maximum absolute atomic E-state index is 12.1. The molecule has 9 atom stereocenters. The molecule has 1 aliphatic heterocycles. The molecule has 6 aliphatic rings. The second-order valence-electron chi connectivity index (χ2n) is 10.6. The standard InChI is InChI=1S/C23H30O3/c1-12-9-17-15(14-4-3-13(24)10-16(12)14)5-7-22(2)21(17)18-11-19(18)23(22)8-6-20(25)26-23/h10,12,14-15,17-19,21H,3-9,11H2,1-2H3/t12-,14?,15?,17?,18?,19-,21?,22+,23+/m1/s1. The Morgan fingerprint density at radius 2 is 1.88 bits per heavy atom. The van der Waals surface area contributed by atoms with Gasteiger partial charge in [0.15, 0.2) is 5.78 Å². The Morgan fingerprint density at radius 3 is 2.65 bits per heavy atom. The second kappa shape index (κ2) is 4.83. The Balaban J connectivity index is 1.39. The second-order valence-corrected chi connectivity index (χ2v) is 10.6. The van der Waals surface area contributed by atoms with E-state index in [1.54, 1.807) is 0 Å². The number of ether oxygens (including phenoxy) is 1. The van der Waals surface area contributed by atoms with E-state index in [9.17, 15) is 9.59 Å². The highest BCUT2D eigenvalue weighted by Crippen LogP contribution is 2.78. The fourth-order valence-electron chi connectivity index (χ4n) is 8.86. The molecule has 1 heterocycles. The van der Waals surface area contributed by atoms with Crippen LogP contribution in [0.4, 0.5) is 0 Å². The van der Waals surface area contributed by atoms with Crippen LogP contribution in [0.15, 0.2) is 11.6 Å². The average Bonchev–Trinajstić information content (AvgIpc) is 3.24. The van der Waals surface area contributed by atoms with Gasteiger partial charge >= 0.3 is 5.97 Å². The molecule has 140 valence electrons. The zero-order valence-electron chi connectivity index (χ0n) is 16.0. The molecule has 0 amide bonds. The summed E-state index contributed by atoms with van der Waals surface area (Å²) in [4.78, 5) is 24.1. The molecule has 6 rings (SSSR count). The van der Waals surface area contributed by atoms with Crippen molar-refractivity contribution < 1.29 is 14.3 Å². The summed E-state index contributed by atoms with van der Waals surface area (Å²) in [6, 6.07) is 0. The molecular formula is C23H30O3. The predicted octanol–water partition coefficient (Wildman–Crippen LogP) is 4.31. The Kier molecular flexibility index (Phi) is 2.95. The summed E-state index contributed by atoms with van der Waals surface area (Å²) in [6.45, 7) is 4.82. The first-order valence-corrected chi connectivity index (χ1v) is 10.9. The van der Waals surface area contributed by atoms with Crippen molar-refractivity contribution >= 4 is 11.8 Å². The number of ketones is 1. The lowest BCUT2D eigenvalue weighted by atomic mass is 9.47. The smallest absolute Gasteiger partial charge is 0.306 e. The van der Waals surface area contributed by atoms with Crippen LogP contribution in [0.1, 0.15) is 65.2 Å². The molecule has 5 aliphatic carbocycles. The molecule has 0 aromatic rings. The highest BCUT2D eigenvalue weighted by atomic mass is 16.6. The summed E-state index contributed by atoms with van der Waals surface area (Å²) in [5, 5.41) is 0. The third kappa shape index (κ3) is 1.72. The van der Waals surface area contributed by atoms with Gasteiger partial charge < -0.3 is 4.74 Å². The normalized spacial score (nSPS) is 57.0. The number of fused-ring (bicyclic) bond motifs is 9. The van der Waals surface area contributed by atoms with E-state index in [0.717, 1.165) is 42.9 Å². The molecule has 0 bridgehead atoms. The van der Waals surface area contributed by atoms with Crippen molar-refractivity contribution in [2.45, 2.75) is 70.8 Å². The Bertz CT molecular complexity index is 738. The lowest BCUT2D eigenvalue weighted by molar-refractivity contribution is -0.174. The zero-order valence-corrected chi connectivity index (χ0v) is 16.0. The molecule has 1 saturated heterocycles. The number of esters is 1. The molecule has 5 unspecified atom stereocenters. The molecule has 3 nitrogen and oxygen atoms in total.